The normalized spacial score (nSPS) is 15.4. The van der Waals surface area contributed by atoms with Gasteiger partial charge >= 0.3 is 6.18 Å². The van der Waals surface area contributed by atoms with E-state index < -0.39 is 11.9 Å². The Balaban J connectivity index is 2.63. The van der Waals surface area contributed by atoms with E-state index in [0.29, 0.717) is 12.2 Å². The van der Waals surface area contributed by atoms with E-state index in [1.807, 2.05) is 13.8 Å². The van der Waals surface area contributed by atoms with E-state index in [4.69, 9.17) is 5.73 Å². The maximum atomic E-state index is 12.2. The number of rotatable bonds is 4. The van der Waals surface area contributed by atoms with E-state index in [1.165, 1.54) is 6.07 Å². The first-order valence-electron chi connectivity index (χ1n) is 5.22. The quantitative estimate of drug-likeness (QED) is 0.855. The van der Waals surface area contributed by atoms with Gasteiger partial charge in [0.2, 0.25) is 0 Å². The van der Waals surface area contributed by atoms with Crippen molar-refractivity contribution in [2.24, 2.45) is 5.73 Å². The smallest absolute Gasteiger partial charge is 0.366 e. The zero-order chi connectivity index (χ0) is 13.1. The summed E-state index contributed by atoms with van der Waals surface area (Å²) in [5.74, 6) is 0.311. The molecule has 17 heavy (non-hydrogen) atoms. The number of aromatic nitrogens is 2. The molecule has 0 aliphatic rings. The van der Waals surface area contributed by atoms with Crippen LogP contribution in [0.1, 0.15) is 26.0 Å². The van der Waals surface area contributed by atoms with Gasteiger partial charge in [0, 0.05) is 12.1 Å². The molecule has 1 aromatic rings. The zero-order valence-corrected chi connectivity index (χ0v) is 9.62. The Hall–Kier alpha value is -1.37. The predicted molar refractivity (Wildman–Crippen MR) is 58.4 cm³/mol. The van der Waals surface area contributed by atoms with E-state index in [2.05, 4.69) is 15.5 Å². The molecule has 1 heterocycles. The summed E-state index contributed by atoms with van der Waals surface area (Å²) < 4.78 is 36.6. The Morgan fingerprint density at radius 1 is 1.29 bits per heavy atom. The summed E-state index contributed by atoms with van der Waals surface area (Å²) in [6.45, 7) is 3.74. The Labute approximate surface area is 97.4 Å². The number of nitrogens with two attached hydrogens (primary N) is 1. The van der Waals surface area contributed by atoms with E-state index in [1.54, 1.807) is 0 Å². The van der Waals surface area contributed by atoms with Crippen LogP contribution in [-0.2, 0) is 6.18 Å². The molecule has 0 amide bonds. The molecule has 3 N–H and O–H groups in total. The van der Waals surface area contributed by atoms with Gasteiger partial charge in [-0.15, -0.1) is 10.2 Å². The van der Waals surface area contributed by atoms with Crippen molar-refractivity contribution in [3.05, 3.63) is 17.8 Å². The van der Waals surface area contributed by atoms with Crippen molar-refractivity contribution in [2.45, 2.75) is 38.5 Å². The number of nitrogens with zero attached hydrogens (tertiary/aromatic N) is 2. The Bertz CT molecular complexity index is 348. The molecule has 0 saturated heterocycles. The van der Waals surface area contributed by atoms with Crippen LogP contribution in [0.3, 0.4) is 0 Å². The molecule has 0 saturated carbocycles. The van der Waals surface area contributed by atoms with Crippen LogP contribution < -0.4 is 11.1 Å². The van der Waals surface area contributed by atoms with E-state index in [9.17, 15) is 13.2 Å². The highest BCUT2D eigenvalue weighted by atomic mass is 19.4. The lowest BCUT2D eigenvalue weighted by atomic mass is 10.1. The molecule has 0 aromatic carbocycles. The highest BCUT2D eigenvalue weighted by Gasteiger charge is 2.32. The molecular formula is C10H15F3N4. The van der Waals surface area contributed by atoms with E-state index in [-0.39, 0.29) is 12.1 Å². The van der Waals surface area contributed by atoms with Crippen LogP contribution in [0.4, 0.5) is 19.0 Å². The number of hydrogen-bond acceptors (Lipinski definition) is 4. The molecule has 0 aliphatic heterocycles. The minimum atomic E-state index is -4.46. The van der Waals surface area contributed by atoms with Crippen LogP contribution in [0, 0.1) is 0 Å². The number of halogens is 3. The lowest BCUT2D eigenvalue weighted by Gasteiger charge is -2.16. The van der Waals surface area contributed by atoms with Crippen molar-refractivity contribution >= 4 is 5.82 Å². The molecule has 0 fully saturated rings. The first kappa shape index (κ1) is 13.7. The van der Waals surface area contributed by atoms with Gasteiger partial charge in [-0.3, -0.25) is 0 Å². The molecule has 2 atom stereocenters. The summed E-state index contributed by atoms with van der Waals surface area (Å²) in [6.07, 6.45) is -3.76. The largest absolute Gasteiger partial charge is 0.435 e. The molecule has 0 spiro atoms. The fourth-order valence-corrected chi connectivity index (χ4v) is 1.43. The second-order valence-corrected chi connectivity index (χ2v) is 4.06. The fraction of sp³-hybridized carbons (Fsp3) is 0.600. The molecule has 2 unspecified atom stereocenters. The molecule has 0 bridgehead atoms. The molecule has 0 radical (unpaired) electrons. The molecule has 1 rings (SSSR count). The van der Waals surface area contributed by atoms with Gasteiger partial charge < -0.3 is 11.1 Å². The standard InChI is InChI=1S/C10H15F3N4/c1-6(14)5-7(2)15-9-4-3-8(16-17-9)10(11,12)13/h3-4,6-7H,5,14H2,1-2H3,(H,15,17). The molecule has 4 nitrogen and oxygen atoms in total. The van der Waals surface area contributed by atoms with Crippen LogP contribution in [0.25, 0.3) is 0 Å². The van der Waals surface area contributed by atoms with Crippen molar-refractivity contribution in [1.29, 1.82) is 0 Å². The number of alkyl halides is 3. The number of hydrogen-bond donors (Lipinski definition) is 2. The van der Waals surface area contributed by atoms with E-state index in [0.717, 1.165) is 6.07 Å². The number of nitrogens with one attached hydrogen (secondary N) is 1. The maximum absolute atomic E-state index is 12.2. The fourth-order valence-electron chi connectivity index (χ4n) is 1.43. The van der Waals surface area contributed by atoms with Crippen LogP contribution in [-0.4, -0.2) is 22.3 Å². The Morgan fingerprint density at radius 3 is 2.35 bits per heavy atom. The topological polar surface area (TPSA) is 63.8 Å². The van der Waals surface area contributed by atoms with Gasteiger partial charge in [0.05, 0.1) is 0 Å². The Kier molecular flexibility index (Phi) is 4.28. The average Bonchev–Trinajstić information content (AvgIpc) is 2.15. The molecular weight excluding hydrogens is 233 g/mol. The summed E-state index contributed by atoms with van der Waals surface area (Å²) in [5.41, 5.74) is 4.61. The van der Waals surface area contributed by atoms with Gasteiger partial charge in [-0.1, -0.05) is 0 Å². The van der Waals surface area contributed by atoms with Crippen molar-refractivity contribution < 1.29 is 13.2 Å². The van der Waals surface area contributed by atoms with Crippen molar-refractivity contribution in [1.82, 2.24) is 10.2 Å². The molecule has 96 valence electrons. The second kappa shape index (κ2) is 5.31. The minimum Gasteiger partial charge on any atom is -0.366 e. The van der Waals surface area contributed by atoms with Gasteiger partial charge in [0.1, 0.15) is 5.82 Å². The van der Waals surface area contributed by atoms with Crippen molar-refractivity contribution in [3.63, 3.8) is 0 Å². The first-order chi connectivity index (χ1) is 7.79. The zero-order valence-electron chi connectivity index (χ0n) is 9.62. The summed E-state index contributed by atoms with van der Waals surface area (Å²) >= 11 is 0. The third kappa shape index (κ3) is 4.56. The minimum absolute atomic E-state index is 0.0138. The van der Waals surface area contributed by atoms with Crippen molar-refractivity contribution in [3.8, 4) is 0 Å². The lowest BCUT2D eigenvalue weighted by molar-refractivity contribution is -0.141. The highest BCUT2D eigenvalue weighted by Crippen LogP contribution is 2.27. The van der Waals surface area contributed by atoms with Crippen LogP contribution in [0.5, 0.6) is 0 Å². The van der Waals surface area contributed by atoms with Crippen molar-refractivity contribution in [2.75, 3.05) is 5.32 Å². The van der Waals surface area contributed by atoms with Gasteiger partial charge in [0.25, 0.3) is 0 Å². The number of anilines is 1. The van der Waals surface area contributed by atoms with Gasteiger partial charge in [-0.05, 0) is 32.4 Å². The Morgan fingerprint density at radius 2 is 1.94 bits per heavy atom. The SMILES string of the molecule is CC(N)CC(C)Nc1ccc(C(F)(F)F)nn1. The third-order valence-corrected chi connectivity index (χ3v) is 2.07. The van der Waals surface area contributed by atoms with Gasteiger partial charge in [0.15, 0.2) is 5.69 Å². The predicted octanol–water partition coefficient (Wildman–Crippen LogP) is 2.03. The van der Waals surface area contributed by atoms with Crippen LogP contribution in [0.15, 0.2) is 12.1 Å². The van der Waals surface area contributed by atoms with E-state index >= 15 is 0 Å². The summed E-state index contributed by atoms with van der Waals surface area (Å²) in [4.78, 5) is 0. The summed E-state index contributed by atoms with van der Waals surface area (Å²) in [5, 5.41) is 9.51. The van der Waals surface area contributed by atoms with Crippen LogP contribution in [0.2, 0.25) is 0 Å². The molecule has 7 heteroatoms. The molecule has 0 aliphatic carbocycles. The third-order valence-electron chi connectivity index (χ3n) is 2.07. The average molecular weight is 248 g/mol. The highest BCUT2D eigenvalue weighted by molar-refractivity contribution is 5.34. The maximum Gasteiger partial charge on any atom is 0.435 e. The molecule has 1 aromatic heterocycles. The summed E-state index contributed by atoms with van der Waals surface area (Å²) in [7, 11) is 0. The van der Waals surface area contributed by atoms with Gasteiger partial charge in [-0.2, -0.15) is 13.2 Å². The van der Waals surface area contributed by atoms with Gasteiger partial charge in [-0.25, -0.2) is 0 Å². The second-order valence-electron chi connectivity index (χ2n) is 4.06. The first-order valence-corrected chi connectivity index (χ1v) is 5.22. The van der Waals surface area contributed by atoms with Crippen LogP contribution >= 0.6 is 0 Å². The lowest BCUT2D eigenvalue weighted by Crippen LogP contribution is -2.26. The monoisotopic (exact) mass is 248 g/mol. The summed E-state index contributed by atoms with van der Waals surface area (Å²) in [6, 6.07) is 2.20.